The molecule has 0 saturated heterocycles. The molecule has 0 aliphatic heterocycles. The molecule has 1 unspecified atom stereocenters. The number of ketones is 2. The van der Waals surface area contributed by atoms with Crippen LogP contribution in [-0.2, 0) is 6.42 Å². The fourth-order valence-corrected chi connectivity index (χ4v) is 4.85. The van der Waals surface area contributed by atoms with Crippen LogP contribution in [0, 0.1) is 0 Å². The van der Waals surface area contributed by atoms with E-state index >= 15 is 0 Å². The Morgan fingerprint density at radius 3 is 2.27 bits per heavy atom. The average Bonchev–Trinajstić information content (AvgIpc) is 2.85. The normalized spacial score (nSPS) is 13.3. The van der Waals surface area contributed by atoms with E-state index in [2.05, 4.69) is 5.32 Å². The number of thioether (sulfide) groups is 1. The molecule has 0 bridgehead atoms. The molecular formula is C27H25NO4S. The molecule has 0 saturated carbocycles. The minimum atomic E-state index is -0.338. The molecule has 0 heterocycles. The van der Waals surface area contributed by atoms with Gasteiger partial charge in [-0.25, -0.2) is 0 Å². The third-order valence-electron chi connectivity index (χ3n) is 5.73. The second-order valence-corrected chi connectivity index (χ2v) is 9.12. The lowest BCUT2D eigenvalue weighted by Crippen LogP contribution is -2.23. The fourth-order valence-electron chi connectivity index (χ4n) is 3.79. The minimum absolute atomic E-state index is 0.218. The Hall–Kier alpha value is -3.22. The molecule has 33 heavy (non-hydrogen) atoms. The number of hydrogen-bond donors (Lipinski definition) is 2. The zero-order chi connectivity index (χ0) is 23.4. The van der Waals surface area contributed by atoms with E-state index in [1.165, 1.54) is 0 Å². The zero-order valence-electron chi connectivity index (χ0n) is 18.3. The van der Waals surface area contributed by atoms with Crippen molar-refractivity contribution < 1.29 is 19.5 Å². The Balaban J connectivity index is 1.47. The predicted octanol–water partition coefficient (Wildman–Crippen LogP) is 4.76. The van der Waals surface area contributed by atoms with Crippen LogP contribution in [0.15, 0.2) is 66.7 Å². The van der Waals surface area contributed by atoms with E-state index < -0.39 is 0 Å². The number of fused-ring (bicyclic) bond motifs is 2. The highest BCUT2D eigenvalue weighted by atomic mass is 32.2. The second-order valence-electron chi connectivity index (χ2n) is 7.97. The van der Waals surface area contributed by atoms with E-state index in [1.54, 1.807) is 66.4 Å². The number of aliphatic hydroxyl groups is 1. The van der Waals surface area contributed by atoms with Gasteiger partial charge in [0, 0.05) is 28.0 Å². The summed E-state index contributed by atoms with van der Waals surface area (Å²) in [7, 11) is 0. The second kappa shape index (κ2) is 10.1. The summed E-state index contributed by atoms with van der Waals surface area (Å²) >= 11 is 1.71. The smallest absolute Gasteiger partial charge is 0.255 e. The molecular weight excluding hydrogens is 434 g/mol. The average molecular weight is 460 g/mol. The summed E-state index contributed by atoms with van der Waals surface area (Å²) in [4.78, 5) is 38.9. The van der Waals surface area contributed by atoms with Crippen LogP contribution in [0.5, 0.6) is 0 Å². The molecule has 0 radical (unpaired) electrons. The largest absolute Gasteiger partial charge is 0.392 e. The van der Waals surface area contributed by atoms with Crippen LogP contribution in [-0.4, -0.2) is 40.2 Å². The van der Waals surface area contributed by atoms with Gasteiger partial charge in [0.1, 0.15) is 0 Å². The first-order valence-electron chi connectivity index (χ1n) is 11.0. The predicted molar refractivity (Wildman–Crippen MR) is 131 cm³/mol. The van der Waals surface area contributed by atoms with Crippen LogP contribution in [0.2, 0.25) is 0 Å². The highest BCUT2D eigenvalue weighted by Crippen LogP contribution is 2.32. The molecule has 168 valence electrons. The number of hydrogen-bond acceptors (Lipinski definition) is 5. The van der Waals surface area contributed by atoms with Crippen molar-refractivity contribution in [3.63, 3.8) is 0 Å². The van der Waals surface area contributed by atoms with E-state index in [1.807, 2.05) is 19.1 Å². The minimum Gasteiger partial charge on any atom is -0.392 e. The molecule has 3 aromatic carbocycles. The maximum absolute atomic E-state index is 13.1. The van der Waals surface area contributed by atoms with Gasteiger partial charge in [-0.15, -0.1) is 0 Å². The van der Waals surface area contributed by atoms with Crippen LogP contribution >= 0.6 is 11.8 Å². The van der Waals surface area contributed by atoms with E-state index in [0.717, 1.165) is 29.9 Å². The van der Waals surface area contributed by atoms with Gasteiger partial charge in [-0.05, 0) is 42.4 Å². The van der Waals surface area contributed by atoms with E-state index in [4.69, 9.17) is 0 Å². The number of amides is 1. The van der Waals surface area contributed by atoms with Gasteiger partial charge in [0.25, 0.3) is 5.91 Å². The maximum Gasteiger partial charge on any atom is 0.255 e. The number of anilines is 1. The van der Waals surface area contributed by atoms with Crippen molar-refractivity contribution in [1.82, 2.24) is 0 Å². The molecule has 1 aliphatic carbocycles. The van der Waals surface area contributed by atoms with Crippen LogP contribution in [0.3, 0.4) is 0 Å². The highest BCUT2D eigenvalue weighted by molar-refractivity contribution is 7.99. The summed E-state index contributed by atoms with van der Waals surface area (Å²) in [6.45, 7) is 1.97. The van der Waals surface area contributed by atoms with Gasteiger partial charge >= 0.3 is 0 Å². The van der Waals surface area contributed by atoms with Crippen LogP contribution in [0.25, 0.3) is 0 Å². The van der Waals surface area contributed by atoms with Gasteiger partial charge in [0.05, 0.1) is 17.4 Å². The number of aryl methyl sites for hydroxylation is 1. The molecule has 6 heteroatoms. The standard InChI is InChI=1S/C27H25NO4S/c1-2-19(29)16-33-15-14-17-10-12-18(13-11-17)27(32)28-23-9-5-8-22-24(23)26(31)21-7-4-3-6-20(21)25(22)30/h3-13,19,29H,2,14-16H2,1H3,(H,28,32). The van der Waals surface area contributed by atoms with Crippen LogP contribution in [0.1, 0.15) is 61.1 Å². The molecule has 0 fully saturated rings. The summed E-state index contributed by atoms with van der Waals surface area (Å²) in [6.07, 6.45) is 1.35. The van der Waals surface area contributed by atoms with Crippen molar-refractivity contribution in [2.45, 2.75) is 25.9 Å². The number of aliphatic hydroxyl groups excluding tert-OH is 1. The topological polar surface area (TPSA) is 83.5 Å². The first-order valence-corrected chi connectivity index (χ1v) is 12.1. The van der Waals surface area contributed by atoms with Gasteiger partial charge in [0.15, 0.2) is 11.6 Å². The first-order chi connectivity index (χ1) is 16.0. The summed E-state index contributed by atoms with van der Waals surface area (Å²) in [5, 5.41) is 12.4. The SMILES string of the molecule is CCC(O)CSCCc1ccc(C(=O)Nc2cccc3c2C(=O)c2ccccc2C3=O)cc1. The third kappa shape index (κ3) is 4.92. The Morgan fingerprint density at radius 2 is 1.58 bits per heavy atom. The summed E-state index contributed by atoms with van der Waals surface area (Å²) in [6, 6.07) is 19.0. The summed E-state index contributed by atoms with van der Waals surface area (Å²) in [5.74, 6) is 0.803. The van der Waals surface area contributed by atoms with Gasteiger partial charge < -0.3 is 10.4 Å². The van der Waals surface area contributed by atoms with E-state index in [0.29, 0.717) is 27.9 Å². The Kier molecular flexibility index (Phi) is 7.06. The number of rotatable bonds is 8. The zero-order valence-corrected chi connectivity index (χ0v) is 19.2. The third-order valence-corrected chi connectivity index (χ3v) is 6.85. The quantitative estimate of drug-likeness (QED) is 0.371. The summed E-state index contributed by atoms with van der Waals surface area (Å²) < 4.78 is 0. The van der Waals surface area contributed by atoms with Crippen molar-refractivity contribution in [2.24, 2.45) is 0 Å². The molecule has 5 nitrogen and oxygen atoms in total. The summed E-state index contributed by atoms with van der Waals surface area (Å²) in [5.41, 5.74) is 3.19. The number of benzene rings is 3. The van der Waals surface area contributed by atoms with Crippen LogP contribution in [0.4, 0.5) is 5.69 Å². The molecule has 3 aromatic rings. The van der Waals surface area contributed by atoms with Gasteiger partial charge in [-0.2, -0.15) is 11.8 Å². The van der Waals surface area contributed by atoms with E-state index in [9.17, 15) is 19.5 Å². The molecule has 1 aliphatic rings. The highest BCUT2D eigenvalue weighted by Gasteiger charge is 2.31. The van der Waals surface area contributed by atoms with Gasteiger partial charge in [0.2, 0.25) is 0 Å². The van der Waals surface area contributed by atoms with Gasteiger partial charge in [-0.3, -0.25) is 14.4 Å². The molecule has 2 N–H and O–H groups in total. The Morgan fingerprint density at radius 1 is 0.909 bits per heavy atom. The van der Waals surface area contributed by atoms with Crippen molar-refractivity contribution in [1.29, 1.82) is 0 Å². The van der Waals surface area contributed by atoms with E-state index in [-0.39, 0.29) is 29.1 Å². The molecule has 1 atom stereocenters. The van der Waals surface area contributed by atoms with Crippen LogP contribution < -0.4 is 5.32 Å². The molecule has 0 aromatic heterocycles. The number of carbonyl (C=O) groups excluding carboxylic acids is 3. The Labute approximate surface area is 197 Å². The van der Waals surface area contributed by atoms with Crippen molar-refractivity contribution in [2.75, 3.05) is 16.8 Å². The first kappa shape index (κ1) is 23.0. The van der Waals surface area contributed by atoms with Gasteiger partial charge in [-0.1, -0.05) is 55.5 Å². The number of nitrogens with one attached hydrogen (secondary N) is 1. The van der Waals surface area contributed by atoms with Crippen molar-refractivity contribution in [3.05, 3.63) is 100 Å². The van der Waals surface area contributed by atoms with Crippen molar-refractivity contribution >= 4 is 34.9 Å². The maximum atomic E-state index is 13.1. The lowest BCUT2D eigenvalue weighted by Gasteiger charge is -2.20. The number of carbonyl (C=O) groups is 3. The monoisotopic (exact) mass is 459 g/mol. The molecule has 1 amide bonds. The molecule has 4 rings (SSSR count). The Bertz CT molecular complexity index is 1200. The van der Waals surface area contributed by atoms with Crippen molar-refractivity contribution in [3.8, 4) is 0 Å². The lowest BCUT2D eigenvalue weighted by atomic mass is 9.83. The fraction of sp³-hybridized carbons (Fsp3) is 0.222. The lowest BCUT2D eigenvalue weighted by molar-refractivity contribution is 0.0978. The molecule has 0 spiro atoms.